The molecule has 0 heterocycles. The summed E-state index contributed by atoms with van der Waals surface area (Å²) < 4.78 is 43.9. The SMILES string of the molecule is NCCCC[C@](N)(C(=O)CCc1ccccc1O)C(=O)Nc1ccc(C(c2ccc(NC(=O)[C@](N)(CCCCN)C(=O)CCc3ccccc3O)cc2)c2ccc(NC(=O)[C@](N)(CCCCN)C(=O)CCc3ccccc3OC(=O)C(F)(F)F)cc2)cc1. The Hall–Kier alpha value is -8.64. The number of para-hydroxylation sites is 3. The molecule has 6 aromatic rings. The van der Waals surface area contributed by atoms with E-state index in [0.29, 0.717) is 84.4 Å². The van der Waals surface area contributed by atoms with Crippen molar-refractivity contribution in [3.05, 3.63) is 179 Å². The van der Waals surface area contributed by atoms with Crippen molar-refractivity contribution < 1.29 is 61.7 Å². The number of aromatic hydroxyl groups is 2. The molecule has 0 aliphatic heterocycles. The van der Waals surface area contributed by atoms with Crippen LogP contribution in [0.15, 0.2) is 146 Å². The second-order valence-corrected chi connectivity index (χ2v) is 21.8. The molecule has 0 unspecified atom stereocenters. The molecular weight excluding hydrogens is 1140 g/mol. The minimum Gasteiger partial charge on any atom is -0.508 e. The van der Waals surface area contributed by atoms with Crippen molar-refractivity contribution in [1.82, 2.24) is 0 Å². The number of hydrogen-bond acceptors (Lipinski definition) is 16. The van der Waals surface area contributed by atoms with Crippen molar-refractivity contribution in [3.63, 3.8) is 0 Å². The molecule has 19 nitrogen and oxygen atoms in total. The number of phenols is 2. The summed E-state index contributed by atoms with van der Waals surface area (Å²) in [6.07, 6.45) is -3.40. The van der Waals surface area contributed by atoms with E-state index in [2.05, 4.69) is 20.7 Å². The Morgan fingerprint density at radius 3 is 1.02 bits per heavy atom. The van der Waals surface area contributed by atoms with Gasteiger partial charge in [0.1, 0.15) is 17.2 Å². The highest BCUT2D eigenvalue weighted by atomic mass is 19.4. The highest BCUT2D eigenvalue weighted by Gasteiger charge is 2.44. The lowest BCUT2D eigenvalue weighted by atomic mass is 9.84. The predicted molar refractivity (Wildman–Crippen MR) is 330 cm³/mol. The van der Waals surface area contributed by atoms with Gasteiger partial charge in [-0.1, -0.05) is 91.0 Å². The van der Waals surface area contributed by atoms with Gasteiger partial charge in [0.05, 0.1) is 0 Å². The number of rotatable bonds is 34. The molecule has 0 bridgehead atoms. The molecule has 6 rings (SSSR count). The fourth-order valence-corrected chi connectivity index (χ4v) is 10.2. The summed E-state index contributed by atoms with van der Waals surface area (Å²) in [6, 6.07) is 38.9. The maximum atomic E-state index is 14.2. The van der Waals surface area contributed by atoms with Gasteiger partial charge in [0.25, 0.3) is 17.7 Å². The van der Waals surface area contributed by atoms with Gasteiger partial charge < -0.3 is 65.3 Å². The van der Waals surface area contributed by atoms with E-state index in [4.69, 9.17) is 34.4 Å². The number of amides is 3. The number of phenolic OH excluding ortho intramolecular Hbond substituents is 2. The number of carbonyl (C=O) groups excluding carboxylic acids is 7. The number of nitrogens with one attached hydrogen (secondary N) is 3. The molecule has 0 saturated carbocycles. The molecule has 0 aromatic heterocycles. The molecule has 0 radical (unpaired) electrons. The number of hydrogen-bond donors (Lipinski definition) is 11. The fourth-order valence-electron chi connectivity index (χ4n) is 10.2. The number of benzene rings is 6. The average Bonchev–Trinajstić information content (AvgIpc) is 1.52. The molecule has 0 fully saturated rings. The van der Waals surface area contributed by atoms with Gasteiger partial charge in [-0.25, -0.2) is 4.79 Å². The van der Waals surface area contributed by atoms with Crippen molar-refractivity contribution >= 4 is 58.1 Å². The quantitative estimate of drug-likeness (QED) is 0.00607. The van der Waals surface area contributed by atoms with E-state index < -0.39 is 81.9 Å². The number of ether oxygens (including phenoxy) is 1. The second-order valence-electron chi connectivity index (χ2n) is 21.8. The Kier molecular flexibility index (Phi) is 24.8. The third-order valence-electron chi connectivity index (χ3n) is 15.5. The number of ketones is 3. The van der Waals surface area contributed by atoms with Crippen LogP contribution >= 0.6 is 0 Å². The zero-order valence-corrected chi connectivity index (χ0v) is 48.9. The molecule has 17 N–H and O–H groups in total. The first-order valence-corrected chi connectivity index (χ1v) is 29.2. The van der Waals surface area contributed by atoms with E-state index in [9.17, 15) is 56.9 Å². The molecule has 3 atom stereocenters. The molecule has 468 valence electrons. The Labute approximate surface area is 509 Å². The van der Waals surface area contributed by atoms with Gasteiger partial charge in [-0.2, -0.15) is 13.2 Å². The Morgan fingerprint density at radius 2 is 0.716 bits per heavy atom. The van der Waals surface area contributed by atoms with Crippen LogP contribution in [0.2, 0.25) is 0 Å². The lowest BCUT2D eigenvalue weighted by molar-refractivity contribution is -0.189. The van der Waals surface area contributed by atoms with Gasteiger partial charge >= 0.3 is 12.1 Å². The van der Waals surface area contributed by atoms with Crippen LogP contribution in [-0.2, 0) is 52.8 Å². The zero-order valence-electron chi connectivity index (χ0n) is 48.9. The third-order valence-corrected chi connectivity index (χ3v) is 15.5. The first kappa shape index (κ1) is 68.5. The second kappa shape index (κ2) is 31.8. The fraction of sp³-hybridized carbons (Fsp3) is 0.348. The highest BCUT2D eigenvalue weighted by Crippen LogP contribution is 2.36. The van der Waals surface area contributed by atoms with Crippen LogP contribution in [0.1, 0.15) is 116 Å². The molecule has 0 saturated heterocycles. The normalized spacial score (nSPS) is 13.5. The first-order chi connectivity index (χ1) is 42.0. The minimum absolute atomic E-state index is 0.0148. The van der Waals surface area contributed by atoms with Gasteiger partial charge in [-0.15, -0.1) is 0 Å². The first-order valence-electron chi connectivity index (χ1n) is 29.2. The number of carbonyl (C=O) groups is 7. The van der Waals surface area contributed by atoms with Crippen LogP contribution in [0.3, 0.4) is 0 Å². The van der Waals surface area contributed by atoms with Crippen molar-refractivity contribution in [1.29, 1.82) is 0 Å². The van der Waals surface area contributed by atoms with Gasteiger partial charge in [0.15, 0.2) is 34.0 Å². The van der Waals surface area contributed by atoms with E-state index in [1.807, 2.05) is 0 Å². The monoisotopic (exact) mass is 1210 g/mol. The molecule has 0 aliphatic rings. The maximum Gasteiger partial charge on any atom is 0.491 e. The van der Waals surface area contributed by atoms with E-state index in [1.165, 1.54) is 30.3 Å². The molecule has 6 aromatic carbocycles. The van der Waals surface area contributed by atoms with Gasteiger partial charge in [0.2, 0.25) is 0 Å². The minimum atomic E-state index is -5.27. The van der Waals surface area contributed by atoms with Crippen LogP contribution in [0, 0.1) is 0 Å². The summed E-state index contributed by atoms with van der Waals surface area (Å²) in [5.74, 6) is -7.49. The van der Waals surface area contributed by atoms with Crippen molar-refractivity contribution in [3.8, 4) is 17.2 Å². The van der Waals surface area contributed by atoms with Crippen molar-refractivity contribution in [2.45, 2.75) is 125 Å². The molecule has 0 aliphatic carbocycles. The van der Waals surface area contributed by atoms with Gasteiger partial charge in [-0.3, -0.25) is 28.8 Å². The lowest BCUT2D eigenvalue weighted by Gasteiger charge is -2.28. The van der Waals surface area contributed by atoms with E-state index in [-0.39, 0.29) is 87.1 Å². The number of alkyl halides is 3. The number of unbranched alkanes of at least 4 members (excludes halogenated alkanes) is 3. The molecule has 0 spiro atoms. The van der Waals surface area contributed by atoms with Crippen LogP contribution in [0.4, 0.5) is 30.2 Å². The molecule has 3 amide bonds. The summed E-state index contributed by atoms with van der Waals surface area (Å²) in [5.41, 5.74) is 35.4. The highest BCUT2D eigenvalue weighted by molar-refractivity contribution is 6.17. The van der Waals surface area contributed by atoms with Crippen LogP contribution in [0.25, 0.3) is 0 Å². The van der Waals surface area contributed by atoms with Crippen LogP contribution < -0.4 is 55.1 Å². The summed E-state index contributed by atoms with van der Waals surface area (Å²) in [4.78, 5) is 95.8. The van der Waals surface area contributed by atoms with Crippen molar-refractivity contribution in [2.75, 3.05) is 35.6 Å². The maximum absolute atomic E-state index is 14.2. The Morgan fingerprint density at radius 1 is 0.420 bits per heavy atom. The molecular formula is C66H78F3N9O10. The van der Waals surface area contributed by atoms with Crippen LogP contribution in [0.5, 0.6) is 17.2 Å². The predicted octanol–water partition coefficient (Wildman–Crippen LogP) is 7.65. The van der Waals surface area contributed by atoms with Crippen molar-refractivity contribution in [2.24, 2.45) is 34.4 Å². The number of anilines is 3. The van der Waals surface area contributed by atoms with E-state index in [0.717, 1.165) is 6.07 Å². The molecule has 22 heteroatoms. The summed E-state index contributed by atoms with van der Waals surface area (Å²) in [7, 11) is 0. The number of esters is 1. The average molecular weight is 1210 g/mol. The topological polar surface area (TPSA) is 361 Å². The number of aryl methyl sites for hydroxylation is 3. The summed E-state index contributed by atoms with van der Waals surface area (Å²) in [5, 5.41) is 29.1. The number of nitrogens with two attached hydrogens (primary N) is 6. The van der Waals surface area contributed by atoms with Gasteiger partial charge in [-0.05, 0) is 185 Å². The standard InChI is InChI=1S/C66H78F3N9O10/c67-66(68,69)62(87)88-54-18-6-3-15-45(54)27-36-57(83)65(75,39-9-12-42-72)61(86)78-51-32-23-48(24-33-51)58(46-19-28-49(29-20-46)76-59(84)63(73,37-7-10-40-70)55(81)34-25-43-13-1-4-16-52(43)79)47-21-30-50(31-22-47)77-60(85)64(74,38-8-11-41-71)56(82)35-26-44-14-2-5-17-53(44)80/h1-6,13-24,28-33,58,79-80H,7-12,25-27,34-42,70-75H2,(H,76,84)(H,77,85)(H,78,86)/t63-,64-,65-/m0/s1. The van der Waals surface area contributed by atoms with E-state index in [1.54, 1.807) is 109 Å². The summed E-state index contributed by atoms with van der Waals surface area (Å²) >= 11 is 0. The number of Topliss-reactive ketones (excluding diaryl/α,β-unsaturated/α-hetero) is 3. The summed E-state index contributed by atoms with van der Waals surface area (Å²) in [6.45, 7) is 0.883. The third kappa shape index (κ3) is 18.2. The zero-order chi connectivity index (χ0) is 64.1. The Balaban J connectivity index is 1.28. The lowest BCUT2D eigenvalue weighted by Crippen LogP contribution is -2.57. The smallest absolute Gasteiger partial charge is 0.491 e. The largest absolute Gasteiger partial charge is 0.508 e. The Bertz CT molecular complexity index is 3230. The number of halogens is 3. The van der Waals surface area contributed by atoms with E-state index >= 15 is 0 Å². The van der Waals surface area contributed by atoms with Crippen LogP contribution in [-0.4, -0.2) is 93.7 Å². The molecule has 88 heavy (non-hydrogen) atoms. The van der Waals surface area contributed by atoms with Gasteiger partial charge in [0, 0.05) is 42.2 Å².